The summed E-state index contributed by atoms with van der Waals surface area (Å²) in [5, 5.41) is 17.5. The molecular formula is C13H23N3O. The van der Waals surface area contributed by atoms with Gasteiger partial charge in [-0.05, 0) is 20.3 Å². The van der Waals surface area contributed by atoms with Gasteiger partial charge in [0.05, 0.1) is 6.10 Å². The first kappa shape index (κ1) is 13.9. The number of β-amino-alcohol motifs (C(OH)–C–C–N with tert-alkyl or cyclic N) is 1. The number of nitrogens with one attached hydrogen (secondary N) is 1. The molecule has 1 aliphatic rings. The van der Waals surface area contributed by atoms with Crippen LogP contribution in [0.2, 0.25) is 0 Å². The van der Waals surface area contributed by atoms with E-state index >= 15 is 0 Å². The van der Waals surface area contributed by atoms with E-state index in [0.717, 1.165) is 25.2 Å². The van der Waals surface area contributed by atoms with E-state index in [4.69, 9.17) is 5.41 Å². The summed E-state index contributed by atoms with van der Waals surface area (Å²) in [6.07, 6.45) is 5.35. The Kier molecular flexibility index (Phi) is 5.35. The zero-order chi connectivity index (χ0) is 12.8. The normalized spacial score (nSPS) is 25.9. The molecule has 4 nitrogen and oxygen atoms in total. The van der Waals surface area contributed by atoms with Crippen LogP contribution in [0.4, 0.5) is 0 Å². The molecule has 0 saturated carbocycles. The van der Waals surface area contributed by atoms with E-state index in [1.807, 2.05) is 6.92 Å². The van der Waals surface area contributed by atoms with Crippen molar-refractivity contribution < 1.29 is 5.11 Å². The highest BCUT2D eigenvalue weighted by Gasteiger charge is 2.31. The standard InChI is InChI=1S/C13H23N3O/c1-4-6-11-8-16(9-12(11)17)13(15-5-2)7-10(3)14/h5,7,11-12,14,17H,4,6,8-9H2,1-3H3/b13-7+,14-10?,15-5?. The van der Waals surface area contributed by atoms with Crippen molar-refractivity contribution in [3.63, 3.8) is 0 Å². The van der Waals surface area contributed by atoms with E-state index < -0.39 is 0 Å². The van der Waals surface area contributed by atoms with Crippen LogP contribution in [0.1, 0.15) is 33.6 Å². The molecular weight excluding hydrogens is 214 g/mol. The van der Waals surface area contributed by atoms with Gasteiger partial charge in [0.25, 0.3) is 0 Å². The van der Waals surface area contributed by atoms with Crippen LogP contribution in [0.5, 0.6) is 0 Å². The van der Waals surface area contributed by atoms with Crippen molar-refractivity contribution in [3.8, 4) is 0 Å². The highest BCUT2D eigenvalue weighted by Crippen LogP contribution is 2.25. The first-order valence-corrected chi connectivity index (χ1v) is 6.27. The van der Waals surface area contributed by atoms with Crippen LogP contribution < -0.4 is 0 Å². The average molecular weight is 237 g/mol. The average Bonchev–Trinajstić information content (AvgIpc) is 2.60. The Labute approximate surface area is 104 Å². The van der Waals surface area contributed by atoms with Gasteiger partial charge in [-0.2, -0.15) is 0 Å². The Bertz CT molecular complexity index is 323. The molecule has 1 heterocycles. The molecule has 2 atom stereocenters. The summed E-state index contributed by atoms with van der Waals surface area (Å²) in [4.78, 5) is 6.36. The van der Waals surface area contributed by atoms with Gasteiger partial charge in [-0.3, -0.25) is 0 Å². The SMILES string of the molecule is CC=N/C(=C\C(C)=N)N1CC(O)C(CCC)C1. The van der Waals surface area contributed by atoms with Crippen LogP contribution in [0.15, 0.2) is 16.9 Å². The van der Waals surface area contributed by atoms with Crippen molar-refractivity contribution in [1.82, 2.24) is 4.90 Å². The molecule has 0 radical (unpaired) electrons. The molecule has 0 aromatic rings. The second-order valence-electron chi connectivity index (χ2n) is 4.59. The van der Waals surface area contributed by atoms with Crippen molar-refractivity contribution in [1.29, 1.82) is 5.41 Å². The summed E-state index contributed by atoms with van der Waals surface area (Å²) < 4.78 is 0. The second-order valence-corrected chi connectivity index (χ2v) is 4.59. The lowest BCUT2D eigenvalue weighted by Gasteiger charge is -2.18. The van der Waals surface area contributed by atoms with Crippen molar-refractivity contribution >= 4 is 11.9 Å². The predicted octanol–water partition coefficient (Wildman–Crippen LogP) is 2.05. The van der Waals surface area contributed by atoms with Gasteiger partial charge < -0.3 is 15.4 Å². The first-order chi connectivity index (χ1) is 8.08. The third-order valence-electron chi connectivity index (χ3n) is 3.00. The molecule has 4 heteroatoms. The Hall–Kier alpha value is -1.16. The predicted molar refractivity (Wildman–Crippen MR) is 71.6 cm³/mol. The third-order valence-corrected chi connectivity index (χ3v) is 3.00. The van der Waals surface area contributed by atoms with Gasteiger partial charge in [0.15, 0.2) is 0 Å². The molecule has 2 unspecified atom stereocenters. The number of allylic oxidation sites excluding steroid dienone is 1. The fraction of sp³-hybridized carbons (Fsp3) is 0.692. The third kappa shape index (κ3) is 3.97. The molecule has 1 saturated heterocycles. The number of hydrogen-bond acceptors (Lipinski definition) is 4. The minimum absolute atomic E-state index is 0.267. The maximum absolute atomic E-state index is 9.97. The fourth-order valence-corrected chi connectivity index (χ4v) is 2.23. The first-order valence-electron chi connectivity index (χ1n) is 6.27. The number of aliphatic imine (C=N–C) groups is 1. The van der Waals surface area contributed by atoms with Crippen LogP contribution in [0.3, 0.4) is 0 Å². The summed E-state index contributed by atoms with van der Waals surface area (Å²) >= 11 is 0. The van der Waals surface area contributed by atoms with E-state index in [-0.39, 0.29) is 6.10 Å². The van der Waals surface area contributed by atoms with E-state index in [0.29, 0.717) is 18.2 Å². The molecule has 0 aromatic carbocycles. The molecule has 0 spiro atoms. The molecule has 0 aliphatic carbocycles. The van der Waals surface area contributed by atoms with Gasteiger partial charge >= 0.3 is 0 Å². The van der Waals surface area contributed by atoms with Gasteiger partial charge in [0, 0.05) is 37.0 Å². The van der Waals surface area contributed by atoms with Crippen LogP contribution in [-0.4, -0.2) is 41.1 Å². The van der Waals surface area contributed by atoms with E-state index in [2.05, 4.69) is 16.8 Å². The quantitative estimate of drug-likeness (QED) is 0.719. The summed E-state index contributed by atoms with van der Waals surface area (Å²) in [5.74, 6) is 1.12. The number of aliphatic hydroxyl groups is 1. The minimum atomic E-state index is -0.267. The zero-order valence-corrected chi connectivity index (χ0v) is 11.0. The van der Waals surface area contributed by atoms with Gasteiger partial charge in [-0.15, -0.1) is 0 Å². The van der Waals surface area contributed by atoms with Crippen molar-refractivity contribution in [2.75, 3.05) is 13.1 Å². The zero-order valence-electron chi connectivity index (χ0n) is 11.0. The number of nitrogens with zero attached hydrogens (tertiary/aromatic N) is 2. The minimum Gasteiger partial charge on any atom is -0.391 e. The number of rotatable bonds is 5. The molecule has 1 aliphatic heterocycles. The maximum atomic E-state index is 9.97. The molecule has 0 amide bonds. The van der Waals surface area contributed by atoms with Gasteiger partial charge in [0.1, 0.15) is 5.82 Å². The maximum Gasteiger partial charge on any atom is 0.129 e. The van der Waals surface area contributed by atoms with Gasteiger partial charge in [-0.1, -0.05) is 13.3 Å². The van der Waals surface area contributed by atoms with E-state index in [1.54, 1.807) is 19.2 Å². The number of hydrogen-bond donors (Lipinski definition) is 2. The lowest BCUT2D eigenvalue weighted by molar-refractivity contribution is 0.139. The van der Waals surface area contributed by atoms with E-state index in [9.17, 15) is 5.11 Å². The van der Waals surface area contributed by atoms with Crippen LogP contribution in [0, 0.1) is 11.3 Å². The van der Waals surface area contributed by atoms with E-state index in [1.165, 1.54) is 0 Å². The van der Waals surface area contributed by atoms with Crippen LogP contribution in [0.25, 0.3) is 0 Å². The summed E-state index contributed by atoms with van der Waals surface area (Å²) in [7, 11) is 0. The smallest absolute Gasteiger partial charge is 0.129 e. The van der Waals surface area contributed by atoms with Crippen LogP contribution in [-0.2, 0) is 0 Å². The molecule has 96 valence electrons. The lowest BCUT2D eigenvalue weighted by Crippen LogP contribution is -2.21. The highest BCUT2D eigenvalue weighted by molar-refractivity contribution is 5.90. The molecule has 0 aromatic heterocycles. The summed E-state index contributed by atoms with van der Waals surface area (Å²) in [6, 6.07) is 0. The fourth-order valence-electron chi connectivity index (χ4n) is 2.23. The summed E-state index contributed by atoms with van der Waals surface area (Å²) in [6.45, 7) is 7.20. The summed E-state index contributed by atoms with van der Waals surface area (Å²) in [5.41, 5.74) is 0.485. The molecule has 2 N–H and O–H groups in total. The Morgan fingerprint density at radius 2 is 2.24 bits per heavy atom. The number of likely N-dealkylation sites (tertiary alicyclic amines) is 1. The Balaban J connectivity index is 2.75. The second kappa shape index (κ2) is 6.55. The van der Waals surface area contributed by atoms with Crippen LogP contribution >= 0.6 is 0 Å². The molecule has 17 heavy (non-hydrogen) atoms. The monoisotopic (exact) mass is 237 g/mol. The lowest BCUT2D eigenvalue weighted by atomic mass is 10.0. The van der Waals surface area contributed by atoms with Crippen molar-refractivity contribution in [2.24, 2.45) is 10.9 Å². The molecule has 1 rings (SSSR count). The van der Waals surface area contributed by atoms with Gasteiger partial charge in [0.2, 0.25) is 0 Å². The molecule has 0 bridgehead atoms. The number of aliphatic hydroxyl groups excluding tert-OH is 1. The topological polar surface area (TPSA) is 59.7 Å². The van der Waals surface area contributed by atoms with Crippen molar-refractivity contribution in [2.45, 2.75) is 39.7 Å². The Morgan fingerprint density at radius 1 is 1.53 bits per heavy atom. The van der Waals surface area contributed by atoms with Gasteiger partial charge in [-0.25, -0.2) is 4.99 Å². The van der Waals surface area contributed by atoms with Crippen molar-refractivity contribution in [3.05, 3.63) is 11.9 Å². The largest absolute Gasteiger partial charge is 0.391 e. The Morgan fingerprint density at radius 3 is 2.76 bits per heavy atom. The highest BCUT2D eigenvalue weighted by atomic mass is 16.3. The molecule has 1 fully saturated rings.